The molecule has 164 valence electrons. The predicted octanol–water partition coefficient (Wildman–Crippen LogP) is 2.10. The Morgan fingerprint density at radius 2 is 2.03 bits per heavy atom. The van der Waals surface area contributed by atoms with Crippen LogP contribution in [0.25, 0.3) is 0 Å². The molecule has 8 nitrogen and oxygen atoms in total. The summed E-state index contributed by atoms with van der Waals surface area (Å²) in [5, 5.41) is 0. The van der Waals surface area contributed by atoms with Crippen molar-refractivity contribution in [3.8, 4) is 0 Å². The summed E-state index contributed by atoms with van der Waals surface area (Å²) in [5.74, 6) is -1.65. The van der Waals surface area contributed by atoms with E-state index in [-0.39, 0.29) is 43.1 Å². The van der Waals surface area contributed by atoms with Gasteiger partial charge in [-0.25, -0.2) is 4.79 Å². The van der Waals surface area contributed by atoms with Crippen LogP contribution in [-0.4, -0.2) is 64.9 Å². The number of likely N-dealkylation sites (tertiary alicyclic amines) is 1. The molecular formula is C23H27N3O5. The van der Waals surface area contributed by atoms with Gasteiger partial charge in [0, 0.05) is 32.0 Å². The molecular weight excluding hydrogens is 398 g/mol. The average molecular weight is 425 g/mol. The summed E-state index contributed by atoms with van der Waals surface area (Å²) in [7, 11) is 0. The highest BCUT2D eigenvalue weighted by molar-refractivity contribution is 6.15. The van der Waals surface area contributed by atoms with Crippen molar-refractivity contribution >= 4 is 29.4 Å². The first kappa shape index (κ1) is 21.1. The Kier molecular flexibility index (Phi) is 5.56. The standard InChI is InChI=1S/C23H27N3O5/c1-3-13-25-21(29)17-9-4-5-10-18(17)26-19(27)11-12-23(25,26)22(30)31-15-20(28)24-14-7-6-8-16(24)2/h3-5,9-10,16H,1,6-8,11-15H2,2H3/t16-,23+/m0/s1. The number of ether oxygens (including phenoxy) is 1. The summed E-state index contributed by atoms with van der Waals surface area (Å²) in [5.41, 5.74) is -0.866. The van der Waals surface area contributed by atoms with Crippen LogP contribution in [0.2, 0.25) is 0 Å². The zero-order chi connectivity index (χ0) is 22.2. The minimum Gasteiger partial charge on any atom is -0.452 e. The highest BCUT2D eigenvalue weighted by Crippen LogP contribution is 2.45. The van der Waals surface area contributed by atoms with E-state index >= 15 is 0 Å². The van der Waals surface area contributed by atoms with Gasteiger partial charge in [0.1, 0.15) is 0 Å². The van der Waals surface area contributed by atoms with Crippen LogP contribution in [0.5, 0.6) is 0 Å². The lowest BCUT2D eigenvalue weighted by molar-refractivity contribution is -0.162. The van der Waals surface area contributed by atoms with E-state index in [2.05, 4.69) is 6.58 Å². The third-order valence-corrected chi connectivity index (χ3v) is 6.46. The van der Waals surface area contributed by atoms with Crippen LogP contribution >= 0.6 is 0 Å². The minimum atomic E-state index is -1.61. The van der Waals surface area contributed by atoms with Gasteiger partial charge in [0.25, 0.3) is 11.8 Å². The second-order valence-corrected chi connectivity index (χ2v) is 8.28. The van der Waals surface area contributed by atoms with E-state index in [4.69, 9.17) is 4.74 Å². The summed E-state index contributed by atoms with van der Waals surface area (Å²) >= 11 is 0. The van der Waals surface area contributed by atoms with Crippen molar-refractivity contribution in [1.29, 1.82) is 0 Å². The lowest BCUT2D eigenvalue weighted by atomic mass is 9.96. The smallest absolute Gasteiger partial charge is 0.354 e. The molecule has 0 bridgehead atoms. The molecule has 4 rings (SSSR count). The van der Waals surface area contributed by atoms with Crippen molar-refractivity contribution in [3.63, 3.8) is 0 Å². The van der Waals surface area contributed by atoms with Gasteiger partial charge >= 0.3 is 5.97 Å². The van der Waals surface area contributed by atoms with Crippen molar-refractivity contribution in [3.05, 3.63) is 42.5 Å². The molecule has 3 heterocycles. The highest BCUT2D eigenvalue weighted by Gasteiger charge is 2.61. The van der Waals surface area contributed by atoms with Gasteiger partial charge in [-0.2, -0.15) is 0 Å². The van der Waals surface area contributed by atoms with E-state index in [1.54, 1.807) is 29.2 Å². The number of carbonyl (C=O) groups is 4. The van der Waals surface area contributed by atoms with Crippen LogP contribution in [0.3, 0.4) is 0 Å². The van der Waals surface area contributed by atoms with E-state index in [1.165, 1.54) is 15.9 Å². The lowest BCUT2D eigenvalue weighted by Crippen LogP contribution is -2.68. The Morgan fingerprint density at radius 3 is 2.77 bits per heavy atom. The minimum absolute atomic E-state index is 0.0726. The molecule has 1 aromatic rings. The molecule has 3 amide bonds. The number of fused-ring (bicyclic) bond motifs is 3. The fraction of sp³-hybridized carbons (Fsp3) is 0.478. The number of anilines is 1. The molecule has 0 unspecified atom stereocenters. The van der Waals surface area contributed by atoms with Crippen LogP contribution < -0.4 is 4.90 Å². The molecule has 2 atom stereocenters. The number of rotatable bonds is 5. The van der Waals surface area contributed by atoms with Gasteiger partial charge in [-0.3, -0.25) is 19.3 Å². The second-order valence-electron chi connectivity index (χ2n) is 8.28. The molecule has 31 heavy (non-hydrogen) atoms. The first-order chi connectivity index (χ1) is 14.9. The normalized spacial score (nSPS) is 25.2. The van der Waals surface area contributed by atoms with Crippen molar-refractivity contribution in [2.24, 2.45) is 0 Å². The number of benzene rings is 1. The van der Waals surface area contributed by atoms with Crippen LogP contribution in [0.15, 0.2) is 36.9 Å². The first-order valence-corrected chi connectivity index (χ1v) is 10.7. The quantitative estimate of drug-likeness (QED) is 0.533. The molecule has 3 aliphatic rings. The van der Waals surface area contributed by atoms with Crippen LogP contribution in [0.4, 0.5) is 5.69 Å². The Labute approximate surface area is 181 Å². The number of carbonyl (C=O) groups excluding carboxylic acids is 4. The van der Waals surface area contributed by atoms with E-state index in [9.17, 15) is 19.2 Å². The van der Waals surface area contributed by atoms with Gasteiger partial charge in [-0.1, -0.05) is 18.2 Å². The zero-order valence-electron chi connectivity index (χ0n) is 17.7. The van der Waals surface area contributed by atoms with Crippen LogP contribution in [0, 0.1) is 0 Å². The molecule has 0 N–H and O–H groups in total. The number of hydrogen-bond acceptors (Lipinski definition) is 5. The van der Waals surface area contributed by atoms with E-state index in [0.717, 1.165) is 19.3 Å². The van der Waals surface area contributed by atoms with E-state index in [1.807, 2.05) is 6.92 Å². The fourth-order valence-corrected chi connectivity index (χ4v) is 4.92. The van der Waals surface area contributed by atoms with Crippen molar-refractivity contribution in [1.82, 2.24) is 9.80 Å². The van der Waals surface area contributed by atoms with Crippen LogP contribution in [-0.2, 0) is 19.1 Å². The Morgan fingerprint density at radius 1 is 1.26 bits per heavy atom. The molecule has 0 spiro atoms. The Balaban J connectivity index is 1.64. The second kappa shape index (κ2) is 8.17. The third-order valence-electron chi connectivity index (χ3n) is 6.46. The summed E-state index contributed by atoms with van der Waals surface area (Å²) in [6.07, 6.45) is 4.64. The van der Waals surface area contributed by atoms with Gasteiger partial charge in [0.2, 0.25) is 11.6 Å². The number of hydrogen-bond donors (Lipinski definition) is 0. The summed E-state index contributed by atoms with van der Waals surface area (Å²) in [6, 6.07) is 6.83. The number of para-hydroxylation sites is 1. The van der Waals surface area contributed by atoms with Gasteiger partial charge in [-0.05, 0) is 38.3 Å². The van der Waals surface area contributed by atoms with Gasteiger partial charge < -0.3 is 14.5 Å². The SMILES string of the molecule is C=CCN1C(=O)c2ccccc2N2C(=O)CC[C@@]12C(=O)OCC(=O)N1CCCC[C@@H]1C. The first-order valence-electron chi connectivity index (χ1n) is 10.7. The molecule has 8 heteroatoms. The largest absolute Gasteiger partial charge is 0.452 e. The van der Waals surface area contributed by atoms with Gasteiger partial charge in [0.15, 0.2) is 6.61 Å². The Hall–Kier alpha value is -3.16. The van der Waals surface area contributed by atoms with Crippen molar-refractivity contribution in [2.45, 2.75) is 50.7 Å². The molecule has 0 saturated carbocycles. The maximum atomic E-state index is 13.4. The van der Waals surface area contributed by atoms with E-state index < -0.39 is 18.2 Å². The maximum absolute atomic E-state index is 13.4. The number of piperidine rings is 1. The van der Waals surface area contributed by atoms with Crippen molar-refractivity contribution < 1.29 is 23.9 Å². The van der Waals surface area contributed by atoms with Gasteiger partial charge in [0.05, 0.1) is 11.3 Å². The number of esters is 1. The fourth-order valence-electron chi connectivity index (χ4n) is 4.92. The lowest BCUT2D eigenvalue weighted by Gasteiger charge is -2.48. The van der Waals surface area contributed by atoms with Gasteiger partial charge in [-0.15, -0.1) is 6.58 Å². The molecule has 2 saturated heterocycles. The summed E-state index contributed by atoms with van der Waals surface area (Å²) in [6.45, 7) is 5.99. The number of nitrogens with zero attached hydrogens (tertiary/aromatic N) is 3. The van der Waals surface area contributed by atoms with Crippen molar-refractivity contribution in [2.75, 3.05) is 24.6 Å². The number of amides is 3. The monoisotopic (exact) mass is 425 g/mol. The molecule has 3 aliphatic heterocycles. The Bertz CT molecular complexity index is 945. The topological polar surface area (TPSA) is 87.2 Å². The average Bonchev–Trinajstić information content (AvgIpc) is 3.13. The zero-order valence-corrected chi connectivity index (χ0v) is 17.7. The summed E-state index contributed by atoms with van der Waals surface area (Å²) in [4.78, 5) is 56.7. The highest BCUT2D eigenvalue weighted by atomic mass is 16.5. The van der Waals surface area contributed by atoms with E-state index in [0.29, 0.717) is 17.8 Å². The summed E-state index contributed by atoms with van der Waals surface area (Å²) < 4.78 is 5.49. The molecule has 0 radical (unpaired) electrons. The maximum Gasteiger partial charge on any atom is 0.354 e. The molecule has 1 aromatic carbocycles. The molecule has 2 fully saturated rings. The van der Waals surface area contributed by atoms with Crippen LogP contribution in [0.1, 0.15) is 49.4 Å². The predicted molar refractivity (Wildman–Crippen MR) is 113 cm³/mol. The third kappa shape index (κ3) is 3.30. The molecule has 0 aliphatic carbocycles. The molecule has 0 aromatic heterocycles.